The van der Waals surface area contributed by atoms with Crippen LogP contribution in [0.5, 0.6) is 0 Å². The maximum atomic E-state index is 12.8. The first-order valence-corrected chi connectivity index (χ1v) is 7.35. The maximum absolute atomic E-state index is 12.8. The number of benzene rings is 2. The van der Waals surface area contributed by atoms with Crippen molar-refractivity contribution < 1.29 is 0 Å². The molecule has 5 nitrogen and oxygen atoms in total. The Morgan fingerprint density at radius 1 is 0.870 bits per heavy atom. The second kappa shape index (κ2) is 5.53. The average Bonchev–Trinajstić information content (AvgIpc) is 3.09. The van der Waals surface area contributed by atoms with E-state index in [9.17, 15) is 4.79 Å². The van der Waals surface area contributed by atoms with Crippen LogP contribution in [0.1, 0.15) is 17.2 Å². The molecule has 4 rings (SSSR count). The number of fused-ring (bicyclic) bond motifs is 1. The number of H-pyrrole nitrogens is 1. The third-order valence-corrected chi connectivity index (χ3v) is 3.89. The van der Waals surface area contributed by atoms with Crippen LogP contribution >= 0.6 is 0 Å². The second-order valence-corrected chi connectivity index (χ2v) is 5.32. The zero-order valence-corrected chi connectivity index (χ0v) is 12.3. The van der Waals surface area contributed by atoms with E-state index in [1.165, 1.54) is 4.68 Å². The van der Waals surface area contributed by atoms with Crippen LogP contribution in [0.3, 0.4) is 0 Å². The molecule has 0 saturated carbocycles. The molecule has 0 saturated heterocycles. The van der Waals surface area contributed by atoms with E-state index in [1.807, 2.05) is 60.7 Å². The van der Waals surface area contributed by atoms with Gasteiger partial charge in [0.05, 0.1) is 12.4 Å². The number of nitrogens with one attached hydrogen (secondary N) is 1. The summed E-state index contributed by atoms with van der Waals surface area (Å²) in [5.74, 6) is 0. The van der Waals surface area contributed by atoms with Gasteiger partial charge in [-0.3, -0.25) is 9.89 Å². The minimum atomic E-state index is -0.280. The van der Waals surface area contributed by atoms with Gasteiger partial charge in [0.1, 0.15) is 11.6 Å². The highest BCUT2D eigenvalue weighted by Crippen LogP contribution is 2.24. The maximum Gasteiger partial charge on any atom is 0.293 e. The van der Waals surface area contributed by atoms with Crippen molar-refractivity contribution in [1.29, 1.82) is 0 Å². The van der Waals surface area contributed by atoms with E-state index >= 15 is 0 Å². The quantitative estimate of drug-likeness (QED) is 0.633. The summed E-state index contributed by atoms with van der Waals surface area (Å²) in [4.78, 5) is 12.8. The lowest BCUT2D eigenvalue weighted by Gasteiger charge is -2.19. The summed E-state index contributed by atoms with van der Waals surface area (Å²) in [7, 11) is 0. The van der Waals surface area contributed by atoms with Gasteiger partial charge >= 0.3 is 0 Å². The fourth-order valence-electron chi connectivity index (χ4n) is 2.79. The lowest BCUT2D eigenvalue weighted by atomic mass is 9.99. The topological polar surface area (TPSA) is 63.6 Å². The third-order valence-electron chi connectivity index (χ3n) is 3.89. The SMILES string of the molecule is O=c1c2[nH]ncc2cnn1C(c1ccccc1)c1ccccc1. The van der Waals surface area contributed by atoms with Gasteiger partial charge in [0.2, 0.25) is 0 Å². The Morgan fingerprint density at radius 3 is 2.09 bits per heavy atom. The van der Waals surface area contributed by atoms with Gasteiger partial charge in [0, 0.05) is 5.39 Å². The minimum Gasteiger partial charge on any atom is -0.272 e. The lowest BCUT2D eigenvalue weighted by molar-refractivity contribution is 0.564. The molecule has 0 fully saturated rings. The van der Waals surface area contributed by atoms with Gasteiger partial charge in [-0.15, -0.1) is 0 Å². The summed E-state index contributed by atoms with van der Waals surface area (Å²) in [6.07, 6.45) is 3.27. The van der Waals surface area contributed by atoms with Crippen LogP contribution < -0.4 is 5.56 Å². The zero-order chi connectivity index (χ0) is 15.6. The molecule has 0 unspecified atom stereocenters. The Balaban J connectivity index is 1.98. The summed E-state index contributed by atoms with van der Waals surface area (Å²) in [6, 6.07) is 19.5. The minimum absolute atomic E-state index is 0.183. The zero-order valence-electron chi connectivity index (χ0n) is 12.3. The molecule has 5 heteroatoms. The summed E-state index contributed by atoms with van der Waals surface area (Å²) < 4.78 is 1.51. The monoisotopic (exact) mass is 302 g/mol. The number of aromatic nitrogens is 4. The van der Waals surface area contributed by atoms with Crippen molar-refractivity contribution in [2.75, 3.05) is 0 Å². The van der Waals surface area contributed by atoms with E-state index in [1.54, 1.807) is 12.4 Å². The Labute approximate surface area is 132 Å². The van der Waals surface area contributed by atoms with Gasteiger partial charge < -0.3 is 0 Å². The van der Waals surface area contributed by atoms with E-state index in [2.05, 4.69) is 15.3 Å². The molecule has 0 aliphatic rings. The molecule has 2 aromatic carbocycles. The van der Waals surface area contributed by atoms with Crippen molar-refractivity contribution in [1.82, 2.24) is 20.0 Å². The van der Waals surface area contributed by atoms with Gasteiger partial charge in [0.15, 0.2) is 0 Å². The average molecular weight is 302 g/mol. The van der Waals surface area contributed by atoms with Crippen molar-refractivity contribution >= 4 is 10.9 Å². The first-order valence-electron chi connectivity index (χ1n) is 7.35. The highest BCUT2D eigenvalue weighted by molar-refractivity contribution is 5.75. The van der Waals surface area contributed by atoms with E-state index in [0.717, 1.165) is 11.1 Å². The molecule has 0 aliphatic heterocycles. The molecular weight excluding hydrogens is 288 g/mol. The molecule has 0 bridgehead atoms. The van der Waals surface area contributed by atoms with E-state index < -0.39 is 0 Å². The number of hydrogen-bond donors (Lipinski definition) is 1. The molecule has 2 aromatic heterocycles. The number of hydrogen-bond acceptors (Lipinski definition) is 3. The Kier molecular flexibility index (Phi) is 3.24. The van der Waals surface area contributed by atoms with Gasteiger partial charge in [-0.1, -0.05) is 60.7 Å². The molecule has 23 heavy (non-hydrogen) atoms. The summed E-state index contributed by atoms with van der Waals surface area (Å²) in [6.45, 7) is 0. The van der Waals surface area contributed by atoms with Crippen LogP contribution in [0.15, 0.2) is 77.9 Å². The van der Waals surface area contributed by atoms with Crippen molar-refractivity contribution in [2.45, 2.75) is 6.04 Å². The van der Waals surface area contributed by atoms with Crippen LogP contribution in [-0.4, -0.2) is 20.0 Å². The number of rotatable bonds is 3. The molecule has 0 amide bonds. The fourth-order valence-corrected chi connectivity index (χ4v) is 2.79. The molecule has 112 valence electrons. The predicted octanol–water partition coefficient (Wildman–Crippen LogP) is 2.76. The summed E-state index contributed by atoms with van der Waals surface area (Å²) >= 11 is 0. The molecule has 0 spiro atoms. The van der Waals surface area contributed by atoms with Crippen LogP contribution in [-0.2, 0) is 0 Å². The van der Waals surface area contributed by atoms with Crippen molar-refractivity contribution in [3.8, 4) is 0 Å². The number of aromatic amines is 1. The standard InChI is InChI=1S/C18H14N4O/c23-18-16-15(11-19-21-16)12-20-22(18)17(13-7-3-1-4-8-13)14-9-5-2-6-10-14/h1-12,17H,(H,19,21). The Morgan fingerprint density at radius 2 is 1.48 bits per heavy atom. The Hall–Kier alpha value is -3.21. The van der Waals surface area contributed by atoms with Crippen LogP contribution in [0.25, 0.3) is 10.9 Å². The van der Waals surface area contributed by atoms with Gasteiger partial charge in [0.25, 0.3) is 5.56 Å². The fraction of sp³-hybridized carbons (Fsp3) is 0.0556. The predicted molar refractivity (Wildman–Crippen MR) is 88.3 cm³/mol. The van der Waals surface area contributed by atoms with E-state index in [4.69, 9.17) is 0 Å². The van der Waals surface area contributed by atoms with Crippen LogP contribution in [0.2, 0.25) is 0 Å². The van der Waals surface area contributed by atoms with Crippen LogP contribution in [0.4, 0.5) is 0 Å². The van der Waals surface area contributed by atoms with Gasteiger partial charge in [-0.25, -0.2) is 4.68 Å². The molecule has 0 atom stereocenters. The molecule has 2 heterocycles. The van der Waals surface area contributed by atoms with E-state index in [-0.39, 0.29) is 11.6 Å². The highest BCUT2D eigenvalue weighted by Gasteiger charge is 2.19. The largest absolute Gasteiger partial charge is 0.293 e. The van der Waals surface area contributed by atoms with Gasteiger partial charge in [-0.2, -0.15) is 10.2 Å². The number of nitrogens with zero attached hydrogens (tertiary/aromatic N) is 3. The Bertz CT molecular complexity index is 950. The second-order valence-electron chi connectivity index (χ2n) is 5.32. The molecular formula is C18H14N4O. The first-order chi connectivity index (χ1) is 11.3. The molecule has 1 N–H and O–H groups in total. The van der Waals surface area contributed by atoms with Gasteiger partial charge in [-0.05, 0) is 11.1 Å². The molecule has 4 aromatic rings. The molecule has 0 aliphatic carbocycles. The van der Waals surface area contributed by atoms with Crippen molar-refractivity contribution in [3.05, 3.63) is 94.5 Å². The van der Waals surface area contributed by atoms with E-state index in [0.29, 0.717) is 10.9 Å². The smallest absolute Gasteiger partial charge is 0.272 e. The van der Waals surface area contributed by atoms with Crippen molar-refractivity contribution in [2.24, 2.45) is 0 Å². The molecule has 0 radical (unpaired) electrons. The highest BCUT2D eigenvalue weighted by atomic mass is 16.1. The van der Waals surface area contributed by atoms with Crippen LogP contribution in [0, 0.1) is 0 Å². The summed E-state index contributed by atoms with van der Waals surface area (Å²) in [5, 5.41) is 11.8. The first kappa shape index (κ1) is 13.5. The lowest BCUT2D eigenvalue weighted by Crippen LogP contribution is -2.28. The normalized spacial score (nSPS) is 11.2. The summed E-state index contributed by atoms with van der Waals surface area (Å²) in [5.41, 5.74) is 2.30. The van der Waals surface area contributed by atoms with Crippen molar-refractivity contribution in [3.63, 3.8) is 0 Å². The third kappa shape index (κ3) is 2.32.